The SMILES string of the molecule is CNCC(=O)N[C@H](CO)c1ccccc1. The molecule has 0 bridgehead atoms. The first-order valence-corrected chi connectivity index (χ1v) is 4.87. The zero-order valence-corrected chi connectivity index (χ0v) is 8.73. The van der Waals surface area contributed by atoms with Crippen LogP contribution in [0.15, 0.2) is 30.3 Å². The molecule has 3 N–H and O–H groups in total. The maximum absolute atomic E-state index is 11.3. The summed E-state index contributed by atoms with van der Waals surface area (Å²) >= 11 is 0. The molecule has 1 amide bonds. The fraction of sp³-hybridized carbons (Fsp3) is 0.364. The Kier molecular flexibility index (Phi) is 4.80. The highest BCUT2D eigenvalue weighted by molar-refractivity contribution is 5.78. The van der Waals surface area contributed by atoms with Crippen molar-refractivity contribution in [3.05, 3.63) is 35.9 Å². The second-order valence-electron chi connectivity index (χ2n) is 3.24. The highest BCUT2D eigenvalue weighted by Gasteiger charge is 2.11. The van der Waals surface area contributed by atoms with Crippen molar-refractivity contribution in [2.24, 2.45) is 0 Å². The first kappa shape index (κ1) is 11.7. The number of benzene rings is 1. The third-order valence-corrected chi connectivity index (χ3v) is 2.06. The van der Waals surface area contributed by atoms with E-state index >= 15 is 0 Å². The number of aliphatic hydroxyl groups is 1. The van der Waals surface area contributed by atoms with Gasteiger partial charge in [-0.25, -0.2) is 0 Å². The molecule has 1 aromatic carbocycles. The Hall–Kier alpha value is -1.39. The van der Waals surface area contributed by atoms with Gasteiger partial charge < -0.3 is 15.7 Å². The molecule has 0 aliphatic rings. The molecule has 0 radical (unpaired) electrons. The van der Waals surface area contributed by atoms with E-state index in [1.54, 1.807) is 7.05 Å². The Labute approximate surface area is 89.3 Å². The van der Waals surface area contributed by atoms with Gasteiger partial charge in [0.25, 0.3) is 0 Å². The number of rotatable bonds is 5. The van der Waals surface area contributed by atoms with E-state index in [4.69, 9.17) is 5.11 Å². The van der Waals surface area contributed by atoms with E-state index in [2.05, 4.69) is 10.6 Å². The van der Waals surface area contributed by atoms with Crippen molar-refractivity contribution in [2.75, 3.05) is 20.2 Å². The van der Waals surface area contributed by atoms with E-state index in [1.165, 1.54) is 0 Å². The van der Waals surface area contributed by atoms with Gasteiger partial charge in [-0.3, -0.25) is 4.79 Å². The summed E-state index contributed by atoms with van der Waals surface area (Å²) in [5.74, 6) is -0.125. The van der Waals surface area contributed by atoms with Crippen LogP contribution < -0.4 is 10.6 Å². The maximum Gasteiger partial charge on any atom is 0.234 e. The van der Waals surface area contributed by atoms with Gasteiger partial charge in [0.15, 0.2) is 0 Å². The van der Waals surface area contributed by atoms with Crippen molar-refractivity contribution in [1.29, 1.82) is 0 Å². The smallest absolute Gasteiger partial charge is 0.234 e. The van der Waals surface area contributed by atoms with Crippen molar-refractivity contribution >= 4 is 5.91 Å². The van der Waals surface area contributed by atoms with Crippen molar-refractivity contribution in [2.45, 2.75) is 6.04 Å². The number of amides is 1. The van der Waals surface area contributed by atoms with E-state index in [0.717, 1.165) is 5.56 Å². The van der Waals surface area contributed by atoms with Crippen LogP contribution in [0.4, 0.5) is 0 Å². The molecule has 0 spiro atoms. The number of carbonyl (C=O) groups is 1. The quantitative estimate of drug-likeness (QED) is 0.641. The second-order valence-corrected chi connectivity index (χ2v) is 3.24. The van der Waals surface area contributed by atoms with Gasteiger partial charge >= 0.3 is 0 Å². The van der Waals surface area contributed by atoms with Crippen LogP contribution in [0, 0.1) is 0 Å². The van der Waals surface area contributed by atoms with Gasteiger partial charge in [-0.15, -0.1) is 0 Å². The van der Waals surface area contributed by atoms with E-state index in [1.807, 2.05) is 30.3 Å². The fourth-order valence-corrected chi connectivity index (χ4v) is 1.33. The third kappa shape index (κ3) is 3.69. The predicted molar refractivity (Wildman–Crippen MR) is 58.3 cm³/mol. The molecule has 0 aromatic heterocycles. The Bertz CT molecular complexity index is 301. The average molecular weight is 208 g/mol. The molecule has 4 nitrogen and oxygen atoms in total. The average Bonchev–Trinajstić information content (AvgIpc) is 2.27. The Morgan fingerprint density at radius 1 is 1.40 bits per heavy atom. The molecular weight excluding hydrogens is 192 g/mol. The molecule has 82 valence electrons. The molecule has 1 aromatic rings. The third-order valence-electron chi connectivity index (χ3n) is 2.06. The molecule has 1 atom stereocenters. The zero-order chi connectivity index (χ0) is 11.1. The van der Waals surface area contributed by atoms with Gasteiger partial charge in [0.05, 0.1) is 19.2 Å². The summed E-state index contributed by atoms with van der Waals surface area (Å²) in [7, 11) is 1.70. The molecule has 0 fully saturated rings. The molecule has 0 heterocycles. The molecular formula is C11H16N2O2. The van der Waals surface area contributed by atoms with E-state index in [9.17, 15) is 4.79 Å². The lowest BCUT2D eigenvalue weighted by Gasteiger charge is -2.16. The normalized spacial score (nSPS) is 12.1. The van der Waals surface area contributed by atoms with Gasteiger partial charge in [-0.2, -0.15) is 0 Å². The fourth-order valence-electron chi connectivity index (χ4n) is 1.33. The van der Waals surface area contributed by atoms with Crippen LogP contribution in [0.1, 0.15) is 11.6 Å². The zero-order valence-electron chi connectivity index (χ0n) is 8.73. The summed E-state index contributed by atoms with van der Waals surface area (Å²) in [4.78, 5) is 11.3. The first-order valence-electron chi connectivity index (χ1n) is 4.87. The number of aliphatic hydroxyl groups excluding tert-OH is 1. The lowest BCUT2D eigenvalue weighted by Crippen LogP contribution is -2.36. The monoisotopic (exact) mass is 208 g/mol. The van der Waals surface area contributed by atoms with Crippen LogP contribution >= 0.6 is 0 Å². The molecule has 0 aliphatic heterocycles. The molecule has 0 saturated heterocycles. The van der Waals surface area contributed by atoms with Crippen LogP contribution in [0.5, 0.6) is 0 Å². The standard InChI is InChI=1S/C11H16N2O2/c1-12-7-11(15)13-10(8-14)9-5-3-2-4-6-9/h2-6,10,12,14H,7-8H2,1H3,(H,13,15)/t10-/m1/s1. The lowest BCUT2D eigenvalue weighted by molar-refractivity contribution is -0.121. The van der Waals surface area contributed by atoms with Crippen molar-refractivity contribution < 1.29 is 9.90 Å². The van der Waals surface area contributed by atoms with Gasteiger partial charge in [0, 0.05) is 0 Å². The van der Waals surface area contributed by atoms with Crippen LogP contribution in [0.2, 0.25) is 0 Å². The summed E-state index contributed by atoms with van der Waals surface area (Å²) in [6, 6.07) is 9.07. The van der Waals surface area contributed by atoms with Crippen LogP contribution in [0.3, 0.4) is 0 Å². The summed E-state index contributed by atoms with van der Waals surface area (Å²) < 4.78 is 0. The summed E-state index contributed by atoms with van der Waals surface area (Å²) in [5.41, 5.74) is 0.907. The largest absolute Gasteiger partial charge is 0.394 e. The number of likely N-dealkylation sites (N-methyl/N-ethyl adjacent to an activating group) is 1. The molecule has 15 heavy (non-hydrogen) atoms. The van der Waals surface area contributed by atoms with Gasteiger partial charge in [0.2, 0.25) is 5.91 Å². The van der Waals surface area contributed by atoms with Gasteiger partial charge in [-0.05, 0) is 12.6 Å². The van der Waals surface area contributed by atoms with Crippen LogP contribution in [-0.4, -0.2) is 31.2 Å². The maximum atomic E-state index is 11.3. The molecule has 0 aliphatic carbocycles. The van der Waals surface area contributed by atoms with Crippen molar-refractivity contribution in [3.8, 4) is 0 Å². The molecule has 0 unspecified atom stereocenters. The number of nitrogens with one attached hydrogen (secondary N) is 2. The minimum atomic E-state index is -0.327. The van der Waals surface area contributed by atoms with Gasteiger partial charge in [0.1, 0.15) is 0 Å². The predicted octanol–water partition coefficient (Wildman–Crippen LogP) is 0.0556. The Morgan fingerprint density at radius 3 is 2.60 bits per heavy atom. The number of hydrogen-bond acceptors (Lipinski definition) is 3. The Balaban J connectivity index is 2.61. The summed E-state index contributed by atoms with van der Waals surface area (Å²) in [5, 5.41) is 14.6. The minimum Gasteiger partial charge on any atom is -0.394 e. The summed E-state index contributed by atoms with van der Waals surface area (Å²) in [6.45, 7) is 0.156. The second kappa shape index (κ2) is 6.16. The summed E-state index contributed by atoms with van der Waals surface area (Å²) in [6.07, 6.45) is 0. The Morgan fingerprint density at radius 2 is 2.07 bits per heavy atom. The highest BCUT2D eigenvalue weighted by atomic mass is 16.3. The molecule has 4 heteroatoms. The van der Waals surface area contributed by atoms with Crippen LogP contribution in [-0.2, 0) is 4.79 Å². The first-order chi connectivity index (χ1) is 7.27. The van der Waals surface area contributed by atoms with Crippen molar-refractivity contribution in [3.63, 3.8) is 0 Å². The van der Waals surface area contributed by atoms with Crippen LogP contribution in [0.25, 0.3) is 0 Å². The van der Waals surface area contributed by atoms with E-state index < -0.39 is 0 Å². The number of hydrogen-bond donors (Lipinski definition) is 3. The minimum absolute atomic E-state index is 0.0978. The van der Waals surface area contributed by atoms with E-state index in [0.29, 0.717) is 0 Å². The van der Waals surface area contributed by atoms with E-state index in [-0.39, 0.29) is 25.1 Å². The lowest BCUT2D eigenvalue weighted by atomic mass is 10.1. The van der Waals surface area contributed by atoms with Gasteiger partial charge in [-0.1, -0.05) is 30.3 Å². The highest BCUT2D eigenvalue weighted by Crippen LogP contribution is 2.10. The van der Waals surface area contributed by atoms with Crippen molar-refractivity contribution in [1.82, 2.24) is 10.6 Å². The molecule has 0 saturated carbocycles. The number of carbonyl (C=O) groups excluding carboxylic acids is 1. The topological polar surface area (TPSA) is 61.4 Å². The molecule has 1 rings (SSSR count).